The molecule has 5 rings (SSSR count). The highest BCUT2D eigenvalue weighted by atomic mass is 79.9. The van der Waals surface area contributed by atoms with Crippen molar-refractivity contribution in [2.24, 2.45) is 0 Å². The first-order chi connectivity index (χ1) is 19.2. The van der Waals surface area contributed by atoms with E-state index < -0.39 is 23.6 Å². The van der Waals surface area contributed by atoms with Crippen LogP contribution in [0.3, 0.4) is 0 Å². The van der Waals surface area contributed by atoms with Gasteiger partial charge in [-0.05, 0) is 48.7 Å². The largest absolute Gasteiger partial charge is 0.326 e. The van der Waals surface area contributed by atoms with Crippen molar-refractivity contribution in [1.82, 2.24) is 15.2 Å². The molecule has 4 aromatic rings. The number of aromatic nitrogens is 1. The highest BCUT2D eigenvalue weighted by Gasteiger charge is 2.35. The number of halogens is 3. The van der Waals surface area contributed by atoms with Crippen molar-refractivity contribution in [2.45, 2.75) is 26.3 Å². The molecule has 40 heavy (non-hydrogen) atoms. The molecule has 0 aliphatic carbocycles. The van der Waals surface area contributed by atoms with Crippen molar-refractivity contribution in [3.8, 4) is 11.1 Å². The first-order valence-corrected chi connectivity index (χ1v) is 14.2. The number of benzene rings is 3. The number of urea groups is 1. The number of carbonyl (C=O) groups is 2. The summed E-state index contributed by atoms with van der Waals surface area (Å²) in [6.07, 6.45) is 0.520. The number of thiazole rings is 1. The first kappa shape index (κ1) is 27.7. The van der Waals surface area contributed by atoms with Crippen molar-refractivity contribution in [2.75, 3.05) is 11.9 Å². The standard InChI is InChI=1S/C30H25BrF2N4O2S/c1-17-16-40-26(34-17)13-14-37-18(2)27(29(38)35-21-11-12-24(32)25(33)15-21)28(36-30(37)39)20-9-7-19(8-10-20)22-5-3-4-6-23(22)31/h3-12,15-16,28H,13-14H2,1-2H3,(H,35,38)(H,36,39). The van der Waals surface area contributed by atoms with Crippen LogP contribution in [0.1, 0.15) is 29.2 Å². The van der Waals surface area contributed by atoms with Gasteiger partial charge in [0, 0.05) is 46.0 Å². The number of amides is 3. The number of rotatable bonds is 7. The van der Waals surface area contributed by atoms with E-state index >= 15 is 0 Å². The van der Waals surface area contributed by atoms with E-state index in [4.69, 9.17) is 0 Å². The third kappa shape index (κ3) is 5.83. The maximum Gasteiger partial charge on any atom is 0.322 e. The second kappa shape index (κ2) is 11.7. The van der Waals surface area contributed by atoms with Gasteiger partial charge in [0.05, 0.1) is 16.6 Å². The molecule has 0 spiro atoms. The molecule has 2 heterocycles. The molecule has 6 nitrogen and oxygen atoms in total. The van der Waals surface area contributed by atoms with E-state index in [1.165, 1.54) is 22.3 Å². The van der Waals surface area contributed by atoms with Gasteiger partial charge in [0.1, 0.15) is 0 Å². The summed E-state index contributed by atoms with van der Waals surface area (Å²) in [5, 5.41) is 8.47. The SMILES string of the molecule is CC1=C(C(=O)Nc2ccc(F)c(F)c2)C(c2ccc(-c3ccccc3Br)cc2)NC(=O)N1CCc1nc(C)cs1. The predicted octanol–water partition coefficient (Wildman–Crippen LogP) is 7.38. The average Bonchev–Trinajstić information content (AvgIpc) is 3.35. The summed E-state index contributed by atoms with van der Waals surface area (Å²) in [6.45, 7) is 3.94. The van der Waals surface area contributed by atoms with E-state index in [1.54, 1.807) is 6.92 Å². The Kier molecular flexibility index (Phi) is 8.09. The molecule has 0 bridgehead atoms. The van der Waals surface area contributed by atoms with Crippen molar-refractivity contribution in [3.63, 3.8) is 0 Å². The lowest BCUT2D eigenvalue weighted by Gasteiger charge is -2.35. The Labute approximate surface area is 242 Å². The summed E-state index contributed by atoms with van der Waals surface area (Å²) >= 11 is 5.09. The van der Waals surface area contributed by atoms with Gasteiger partial charge < -0.3 is 10.6 Å². The lowest BCUT2D eigenvalue weighted by atomic mass is 9.92. The predicted molar refractivity (Wildman–Crippen MR) is 156 cm³/mol. The van der Waals surface area contributed by atoms with Crippen LogP contribution in [-0.2, 0) is 11.2 Å². The van der Waals surface area contributed by atoms with Crippen molar-refractivity contribution < 1.29 is 18.4 Å². The smallest absolute Gasteiger partial charge is 0.322 e. The van der Waals surface area contributed by atoms with Gasteiger partial charge in [-0.25, -0.2) is 18.6 Å². The van der Waals surface area contributed by atoms with Crippen LogP contribution in [0, 0.1) is 18.6 Å². The lowest BCUT2D eigenvalue weighted by Crippen LogP contribution is -2.49. The molecule has 10 heteroatoms. The first-order valence-electron chi connectivity index (χ1n) is 12.5. The van der Waals surface area contributed by atoms with Crippen molar-refractivity contribution in [3.05, 3.63) is 116 Å². The monoisotopic (exact) mass is 622 g/mol. The lowest BCUT2D eigenvalue weighted by molar-refractivity contribution is -0.113. The van der Waals surface area contributed by atoms with Gasteiger partial charge >= 0.3 is 6.03 Å². The zero-order valence-corrected chi connectivity index (χ0v) is 24.1. The van der Waals surface area contributed by atoms with Gasteiger partial charge in [-0.15, -0.1) is 11.3 Å². The van der Waals surface area contributed by atoms with Gasteiger partial charge in [0.15, 0.2) is 11.6 Å². The second-order valence-corrected chi connectivity index (χ2v) is 11.1. The summed E-state index contributed by atoms with van der Waals surface area (Å²) in [5.74, 6) is -2.61. The zero-order valence-electron chi connectivity index (χ0n) is 21.7. The molecule has 2 N–H and O–H groups in total. The highest BCUT2D eigenvalue weighted by Crippen LogP contribution is 2.34. The van der Waals surface area contributed by atoms with Gasteiger partial charge in [-0.2, -0.15) is 0 Å². The molecule has 1 aliphatic rings. The second-order valence-electron chi connectivity index (χ2n) is 9.35. The Hall–Kier alpha value is -3.89. The van der Waals surface area contributed by atoms with Gasteiger partial charge in [0.2, 0.25) is 0 Å². The third-order valence-electron chi connectivity index (χ3n) is 6.66. The van der Waals surface area contributed by atoms with E-state index in [0.29, 0.717) is 29.8 Å². The van der Waals surface area contributed by atoms with E-state index in [-0.39, 0.29) is 11.7 Å². The van der Waals surface area contributed by atoms with Crippen LogP contribution in [0.4, 0.5) is 19.3 Å². The minimum atomic E-state index is -1.07. The summed E-state index contributed by atoms with van der Waals surface area (Å²) in [4.78, 5) is 32.9. The number of hydrogen-bond donors (Lipinski definition) is 2. The number of nitrogens with zero attached hydrogens (tertiary/aromatic N) is 2. The summed E-state index contributed by atoms with van der Waals surface area (Å²) in [5.41, 5.74) is 4.46. The molecule has 3 aromatic carbocycles. The molecule has 0 saturated heterocycles. The Morgan fingerprint density at radius 2 is 1.82 bits per heavy atom. The molecule has 0 radical (unpaired) electrons. The van der Waals surface area contributed by atoms with Crippen LogP contribution in [0.2, 0.25) is 0 Å². The molecular weight excluding hydrogens is 598 g/mol. The van der Waals surface area contributed by atoms with Gasteiger partial charge in [-0.3, -0.25) is 9.69 Å². The molecule has 1 unspecified atom stereocenters. The molecule has 1 atom stereocenters. The molecule has 3 amide bonds. The number of aryl methyl sites for hydroxylation is 1. The molecular formula is C30H25BrF2N4O2S. The van der Waals surface area contributed by atoms with Gasteiger partial charge in [0.25, 0.3) is 5.91 Å². The minimum absolute atomic E-state index is 0.105. The molecule has 204 valence electrons. The molecule has 0 saturated carbocycles. The average molecular weight is 624 g/mol. The van der Waals surface area contributed by atoms with Crippen LogP contribution >= 0.6 is 27.3 Å². The normalized spacial score (nSPS) is 15.3. The quantitative estimate of drug-likeness (QED) is 0.226. The molecule has 1 aliphatic heterocycles. The van der Waals surface area contributed by atoms with E-state index in [2.05, 4.69) is 31.5 Å². The Balaban J connectivity index is 1.49. The highest BCUT2D eigenvalue weighted by molar-refractivity contribution is 9.10. The maximum atomic E-state index is 13.9. The summed E-state index contributed by atoms with van der Waals surface area (Å²) < 4.78 is 28.3. The number of anilines is 1. The van der Waals surface area contributed by atoms with Crippen LogP contribution < -0.4 is 10.6 Å². The third-order valence-corrected chi connectivity index (χ3v) is 8.38. The summed E-state index contributed by atoms with van der Waals surface area (Å²) in [6, 6.07) is 17.5. The Morgan fingerprint density at radius 3 is 2.50 bits per heavy atom. The van der Waals surface area contributed by atoms with E-state index in [9.17, 15) is 18.4 Å². The molecule has 1 aromatic heterocycles. The van der Waals surface area contributed by atoms with E-state index in [1.807, 2.05) is 60.8 Å². The van der Waals surface area contributed by atoms with Crippen LogP contribution in [0.25, 0.3) is 11.1 Å². The zero-order chi connectivity index (χ0) is 28.4. The van der Waals surface area contributed by atoms with Crippen LogP contribution in [-0.4, -0.2) is 28.4 Å². The fourth-order valence-electron chi connectivity index (χ4n) is 4.64. The fourth-order valence-corrected chi connectivity index (χ4v) is 5.92. The van der Waals surface area contributed by atoms with Gasteiger partial charge in [-0.1, -0.05) is 58.4 Å². The summed E-state index contributed by atoms with van der Waals surface area (Å²) in [7, 11) is 0. The number of nitrogens with one attached hydrogen (secondary N) is 2. The Bertz CT molecular complexity index is 1620. The van der Waals surface area contributed by atoms with E-state index in [0.717, 1.165) is 38.4 Å². The van der Waals surface area contributed by atoms with Crippen molar-refractivity contribution in [1.29, 1.82) is 0 Å². The topological polar surface area (TPSA) is 74.3 Å². The van der Waals surface area contributed by atoms with Crippen molar-refractivity contribution >= 4 is 44.9 Å². The van der Waals surface area contributed by atoms with Crippen LogP contribution in [0.5, 0.6) is 0 Å². The Morgan fingerprint density at radius 1 is 1.07 bits per heavy atom. The molecule has 0 fully saturated rings. The maximum absolute atomic E-state index is 13.9. The number of hydrogen-bond acceptors (Lipinski definition) is 4. The number of allylic oxidation sites excluding steroid dienone is 1. The fraction of sp³-hybridized carbons (Fsp3) is 0.167. The number of carbonyl (C=O) groups excluding carboxylic acids is 2. The minimum Gasteiger partial charge on any atom is -0.326 e. The van der Waals surface area contributed by atoms with Crippen LogP contribution in [0.15, 0.2) is 87.9 Å².